The molecule has 0 saturated carbocycles. The first kappa shape index (κ1) is 14.3. The van der Waals surface area contributed by atoms with Gasteiger partial charge in [0.15, 0.2) is 0 Å². The van der Waals surface area contributed by atoms with Crippen LogP contribution in [0.4, 0.5) is 0 Å². The quantitative estimate of drug-likeness (QED) is 0.820. The van der Waals surface area contributed by atoms with Crippen molar-refractivity contribution in [2.75, 3.05) is 20.3 Å². The Balaban J connectivity index is 1.96. The van der Waals surface area contributed by atoms with Crippen LogP contribution >= 0.6 is 0 Å². The number of nitrogens with one attached hydrogen (secondary N) is 1. The Morgan fingerprint density at radius 2 is 1.84 bits per heavy atom. The van der Waals surface area contributed by atoms with Gasteiger partial charge in [0.05, 0.1) is 18.1 Å². The predicted molar refractivity (Wildman–Crippen MR) is 68.2 cm³/mol. The van der Waals surface area contributed by atoms with Crippen molar-refractivity contribution in [2.45, 2.75) is 23.8 Å². The maximum Gasteiger partial charge on any atom is 0.262 e. The maximum absolute atomic E-state index is 12.0. The molecule has 0 aliphatic carbocycles. The number of hydrogen-bond donors (Lipinski definition) is 1. The molecule has 1 fully saturated rings. The average Bonchev–Trinajstić information content (AvgIpc) is 2.46. The van der Waals surface area contributed by atoms with E-state index in [1.807, 2.05) is 0 Å². The van der Waals surface area contributed by atoms with E-state index in [0.29, 0.717) is 31.8 Å². The monoisotopic (exact) mass is 287 g/mol. The summed E-state index contributed by atoms with van der Waals surface area (Å²) in [5.41, 5.74) is 0. The molecule has 19 heavy (non-hydrogen) atoms. The van der Waals surface area contributed by atoms with Crippen LogP contribution in [0.2, 0.25) is 0 Å². The van der Waals surface area contributed by atoms with Gasteiger partial charge >= 0.3 is 0 Å². The van der Waals surface area contributed by atoms with Gasteiger partial charge in [0.2, 0.25) is 0 Å². The summed E-state index contributed by atoms with van der Waals surface area (Å²) in [5, 5.41) is 0. The Kier molecular flexibility index (Phi) is 4.76. The minimum absolute atomic E-state index is 0.137. The zero-order valence-electron chi connectivity index (χ0n) is 10.7. The van der Waals surface area contributed by atoms with E-state index in [1.54, 1.807) is 12.1 Å². The minimum atomic E-state index is -3.65. The van der Waals surface area contributed by atoms with E-state index in [-0.39, 0.29) is 11.0 Å². The van der Waals surface area contributed by atoms with Crippen molar-refractivity contribution in [1.29, 1.82) is 0 Å². The van der Waals surface area contributed by atoms with Gasteiger partial charge in [0.25, 0.3) is 10.0 Å². The lowest BCUT2D eigenvalue weighted by Gasteiger charge is -2.21. The number of sulfonamides is 1. The van der Waals surface area contributed by atoms with Crippen molar-refractivity contribution in [3.8, 4) is 5.75 Å². The molecule has 106 valence electrons. The van der Waals surface area contributed by atoms with Gasteiger partial charge < -0.3 is 9.47 Å². The molecule has 1 aliphatic heterocycles. The molecule has 1 heterocycles. The molecule has 0 unspecified atom stereocenters. The first-order valence-electron chi connectivity index (χ1n) is 6.01. The van der Waals surface area contributed by atoms with Gasteiger partial charge in [-0.25, -0.2) is 8.42 Å². The minimum Gasteiger partial charge on any atom is -0.497 e. The summed E-state index contributed by atoms with van der Waals surface area (Å²) >= 11 is 0. The van der Waals surface area contributed by atoms with Crippen LogP contribution in [0.25, 0.3) is 0 Å². The summed E-state index contributed by atoms with van der Waals surface area (Å²) in [6, 6.07) is 6.11. The number of methoxy groups -OCH3 is 1. The molecule has 1 aromatic carbocycles. The second-order valence-corrected chi connectivity index (χ2v) is 5.84. The Morgan fingerprint density at radius 1 is 1.21 bits per heavy atom. The Labute approximate surface area is 112 Å². The third-order valence-electron chi connectivity index (χ3n) is 2.86. The van der Waals surface area contributed by atoms with Crippen molar-refractivity contribution in [2.24, 2.45) is 0 Å². The zero-order chi connectivity index (χ0) is 13.7. The van der Waals surface area contributed by atoms with Crippen molar-refractivity contribution < 1.29 is 22.7 Å². The molecule has 0 amide bonds. The highest BCUT2D eigenvalue weighted by Crippen LogP contribution is 2.16. The zero-order valence-corrected chi connectivity index (χ0v) is 11.5. The third kappa shape index (κ3) is 3.90. The van der Waals surface area contributed by atoms with Crippen molar-refractivity contribution in [3.63, 3.8) is 0 Å². The van der Waals surface area contributed by atoms with Gasteiger partial charge in [0, 0.05) is 13.2 Å². The molecule has 0 spiro atoms. The summed E-state index contributed by atoms with van der Waals surface area (Å²) in [6.45, 7) is 1.18. The highest BCUT2D eigenvalue weighted by molar-refractivity contribution is 7.89. The summed E-state index contributed by atoms with van der Waals surface area (Å²) in [6.07, 6.45) is 1.23. The largest absolute Gasteiger partial charge is 0.497 e. The van der Waals surface area contributed by atoms with E-state index in [4.69, 9.17) is 14.3 Å². The topological polar surface area (TPSA) is 73.9 Å². The second kappa shape index (κ2) is 6.33. The third-order valence-corrected chi connectivity index (χ3v) is 4.07. The molecule has 6 nitrogen and oxygen atoms in total. The number of benzene rings is 1. The van der Waals surface area contributed by atoms with Crippen LogP contribution in [0.1, 0.15) is 12.8 Å². The highest BCUT2D eigenvalue weighted by Gasteiger charge is 2.19. The van der Waals surface area contributed by atoms with E-state index >= 15 is 0 Å². The SMILES string of the molecule is COc1ccc(S(=O)(=O)NOC2CCOCC2)cc1. The molecule has 1 aliphatic rings. The molecule has 0 atom stereocenters. The van der Waals surface area contributed by atoms with Crippen LogP contribution in [0.5, 0.6) is 5.75 Å². The summed E-state index contributed by atoms with van der Waals surface area (Å²) in [7, 11) is -2.13. The molecule has 0 radical (unpaired) electrons. The fourth-order valence-electron chi connectivity index (χ4n) is 1.73. The summed E-state index contributed by atoms with van der Waals surface area (Å²) in [4.78, 5) is 7.51. The lowest BCUT2D eigenvalue weighted by atomic mass is 10.2. The molecule has 2 rings (SSSR count). The Morgan fingerprint density at radius 3 is 2.42 bits per heavy atom. The number of rotatable bonds is 5. The average molecular weight is 287 g/mol. The van der Waals surface area contributed by atoms with E-state index < -0.39 is 10.0 Å². The Hall–Kier alpha value is -1.15. The maximum atomic E-state index is 12.0. The van der Waals surface area contributed by atoms with E-state index in [1.165, 1.54) is 19.2 Å². The van der Waals surface area contributed by atoms with Crippen LogP contribution in [-0.4, -0.2) is 34.8 Å². The Bertz CT molecular complexity index is 493. The fraction of sp³-hybridized carbons (Fsp3) is 0.500. The first-order chi connectivity index (χ1) is 9.12. The van der Waals surface area contributed by atoms with Crippen LogP contribution in [0, 0.1) is 0 Å². The standard InChI is InChI=1S/C12H17NO5S/c1-16-10-2-4-12(5-3-10)19(14,15)13-18-11-6-8-17-9-7-11/h2-5,11,13H,6-9H2,1H3. The van der Waals surface area contributed by atoms with Gasteiger partial charge in [-0.3, -0.25) is 4.84 Å². The molecule has 1 aromatic rings. The fourth-order valence-corrected chi connectivity index (χ4v) is 2.58. The predicted octanol–water partition coefficient (Wildman–Crippen LogP) is 1.08. The molecular formula is C12H17NO5S. The number of ether oxygens (including phenoxy) is 2. The lowest BCUT2D eigenvalue weighted by Crippen LogP contribution is -2.33. The van der Waals surface area contributed by atoms with Gasteiger partial charge in [0.1, 0.15) is 5.75 Å². The van der Waals surface area contributed by atoms with Gasteiger partial charge in [-0.15, -0.1) is 0 Å². The van der Waals surface area contributed by atoms with E-state index in [2.05, 4.69) is 4.89 Å². The molecule has 0 bridgehead atoms. The summed E-state index contributed by atoms with van der Waals surface area (Å²) in [5.74, 6) is 0.601. The van der Waals surface area contributed by atoms with Crippen LogP contribution < -0.4 is 9.62 Å². The highest BCUT2D eigenvalue weighted by atomic mass is 32.2. The number of hydrogen-bond acceptors (Lipinski definition) is 5. The molecule has 1 saturated heterocycles. The normalized spacial score (nSPS) is 17.3. The van der Waals surface area contributed by atoms with Crippen molar-refractivity contribution in [1.82, 2.24) is 4.89 Å². The molecular weight excluding hydrogens is 270 g/mol. The summed E-state index contributed by atoms with van der Waals surface area (Å²) < 4.78 is 34.1. The smallest absolute Gasteiger partial charge is 0.262 e. The second-order valence-electron chi connectivity index (χ2n) is 4.19. The molecule has 1 N–H and O–H groups in total. The van der Waals surface area contributed by atoms with Gasteiger partial charge in [-0.05, 0) is 37.1 Å². The van der Waals surface area contributed by atoms with Crippen molar-refractivity contribution >= 4 is 10.0 Å². The van der Waals surface area contributed by atoms with Gasteiger partial charge in [-0.1, -0.05) is 4.89 Å². The van der Waals surface area contributed by atoms with E-state index in [9.17, 15) is 8.42 Å². The van der Waals surface area contributed by atoms with E-state index in [0.717, 1.165) is 0 Å². The lowest BCUT2D eigenvalue weighted by molar-refractivity contribution is -0.0521. The molecule has 7 heteroatoms. The van der Waals surface area contributed by atoms with Gasteiger partial charge in [-0.2, -0.15) is 0 Å². The van der Waals surface area contributed by atoms with Crippen LogP contribution in [0.3, 0.4) is 0 Å². The molecule has 0 aromatic heterocycles. The van der Waals surface area contributed by atoms with Crippen LogP contribution in [0.15, 0.2) is 29.2 Å². The first-order valence-corrected chi connectivity index (χ1v) is 7.49. The van der Waals surface area contributed by atoms with Crippen LogP contribution in [-0.2, 0) is 19.6 Å². The van der Waals surface area contributed by atoms with Crippen molar-refractivity contribution in [3.05, 3.63) is 24.3 Å².